The van der Waals surface area contributed by atoms with Crippen LogP contribution in [-0.2, 0) is 58.1 Å². The number of nitrogens with zero attached hydrogens (tertiary/aromatic N) is 4. The first-order chi connectivity index (χ1) is 17.6. The first-order valence-corrected chi connectivity index (χ1v) is 12.8. The van der Waals surface area contributed by atoms with Crippen LogP contribution in [0.1, 0.15) is 18.1 Å². The highest BCUT2D eigenvalue weighted by molar-refractivity contribution is 7.89. The number of aromatic nitrogens is 4. The molecule has 3 rings (SSSR count). The van der Waals surface area contributed by atoms with Gasteiger partial charge in [-0.2, -0.15) is 0 Å². The lowest BCUT2D eigenvalue weighted by Crippen LogP contribution is -2.42. The number of nitrogen functional groups attached to an aromatic ring is 1. The van der Waals surface area contributed by atoms with E-state index >= 15 is 0 Å². The van der Waals surface area contributed by atoms with Crippen LogP contribution in [0.4, 0.5) is 5.69 Å². The zero-order valence-electron chi connectivity index (χ0n) is 20.9. The average Bonchev–Trinajstić information content (AvgIpc) is 2.82. The Morgan fingerprint density at radius 3 is 1.89 bits per heavy atom. The molecule has 0 aliphatic rings. The summed E-state index contributed by atoms with van der Waals surface area (Å²) in [4.78, 5) is 68.4. The number of carbonyl (C=O) groups excluding carboxylic acids is 1. The minimum atomic E-state index is -3.66. The van der Waals surface area contributed by atoms with Gasteiger partial charge in [0.2, 0.25) is 0 Å². The molecule has 3 N–H and O–H groups in total. The van der Waals surface area contributed by atoms with Crippen LogP contribution in [0, 0.1) is 0 Å². The van der Waals surface area contributed by atoms with Gasteiger partial charge in [0.25, 0.3) is 11.1 Å². The second-order valence-corrected chi connectivity index (χ2v) is 10.5. The number of aliphatic carboxylic acids is 1. The molecule has 0 amide bonds. The molecule has 0 saturated heterocycles. The van der Waals surface area contributed by atoms with Gasteiger partial charge in [0.15, 0.2) is 9.84 Å². The van der Waals surface area contributed by atoms with Crippen molar-refractivity contribution in [3.63, 3.8) is 0 Å². The molecule has 38 heavy (non-hydrogen) atoms. The van der Waals surface area contributed by atoms with Crippen LogP contribution in [0.3, 0.4) is 0 Å². The Morgan fingerprint density at radius 2 is 1.37 bits per heavy atom. The maximum absolute atomic E-state index is 12.3. The Balaban J connectivity index is 0.000000308. The number of hydrogen-bond donors (Lipinski definition) is 2. The summed E-state index contributed by atoms with van der Waals surface area (Å²) < 4.78 is 28.1. The molecular formula is C23H27N5O9S. The summed E-state index contributed by atoms with van der Waals surface area (Å²) in [6, 6.07) is 8.48. The van der Waals surface area contributed by atoms with Gasteiger partial charge in [-0.05, 0) is 12.5 Å². The van der Waals surface area contributed by atoms with Crippen molar-refractivity contribution in [2.24, 2.45) is 14.1 Å². The lowest BCUT2D eigenvalue weighted by molar-refractivity contribution is -0.137. The third kappa shape index (κ3) is 7.73. The minimum absolute atomic E-state index is 0.0478. The normalized spacial score (nSPS) is 10.9. The molecule has 2 heterocycles. The van der Waals surface area contributed by atoms with Crippen LogP contribution in [0.15, 0.2) is 61.9 Å². The Kier molecular flexibility index (Phi) is 9.49. The molecule has 1 aromatic carbocycles. The molecule has 14 nitrogen and oxygen atoms in total. The van der Waals surface area contributed by atoms with E-state index in [4.69, 9.17) is 10.8 Å². The van der Waals surface area contributed by atoms with Gasteiger partial charge in [-0.3, -0.25) is 23.7 Å². The number of anilines is 1. The Labute approximate surface area is 215 Å². The van der Waals surface area contributed by atoms with E-state index in [1.54, 1.807) is 30.3 Å². The maximum atomic E-state index is 12.3. The van der Waals surface area contributed by atoms with E-state index in [0.717, 1.165) is 15.3 Å². The highest BCUT2D eigenvalue weighted by atomic mass is 32.2. The topological polar surface area (TPSA) is 203 Å². The van der Waals surface area contributed by atoms with Crippen molar-refractivity contribution < 1.29 is 23.1 Å². The van der Waals surface area contributed by atoms with Crippen molar-refractivity contribution in [1.82, 2.24) is 18.3 Å². The van der Waals surface area contributed by atoms with Crippen LogP contribution >= 0.6 is 0 Å². The van der Waals surface area contributed by atoms with Gasteiger partial charge >= 0.3 is 17.3 Å². The molecule has 0 bridgehead atoms. The molecule has 3 aromatic rings. The minimum Gasteiger partial charge on any atom is -0.480 e. The Hall–Kier alpha value is -4.53. The van der Waals surface area contributed by atoms with Crippen molar-refractivity contribution in [3.8, 4) is 0 Å². The summed E-state index contributed by atoms with van der Waals surface area (Å²) in [5, 5.41) is 8.80. The first kappa shape index (κ1) is 29.7. The number of ketones is 1. The lowest BCUT2D eigenvalue weighted by Gasteiger charge is -2.09. The lowest BCUT2D eigenvalue weighted by atomic mass is 10.2. The highest BCUT2D eigenvalue weighted by Crippen LogP contribution is 2.10. The fourth-order valence-corrected chi connectivity index (χ4v) is 4.87. The largest absolute Gasteiger partial charge is 0.480 e. The SMILES string of the molecule is CC(=O)Cn1c(=O)c(N)cn(C)c1=O.Cn1cc(CS(=O)(=O)Cc2ccccc2)c(=O)n(CC(=O)O)c1=O. The van der Waals surface area contributed by atoms with Crippen molar-refractivity contribution in [2.75, 3.05) is 5.73 Å². The molecule has 204 valence electrons. The summed E-state index contributed by atoms with van der Waals surface area (Å²) in [5.41, 5.74) is 2.86. The second-order valence-electron chi connectivity index (χ2n) is 8.42. The smallest absolute Gasteiger partial charge is 0.331 e. The number of nitrogens with two attached hydrogens (primary N) is 1. The number of sulfone groups is 1. The van der Waals surface area contributed by atoms with E-state index in [9.17, 15) is 37.2 Å². The predicted octanol–water partition coefficient (Wildman–Crippen LogP) is -1.54. The quantitative estimate of drug-likeness (QED) is 0.332. The van der Waals surface area contributed by atoms with Gasteiger partial charge in [-0.1, -0.05) is 30.3 Å². The van der Waals surface area contributed by atoms with Gasteiger partial charge < -0.3 is 20.0 Å². The third-order valence-corrected chi connectivity index (χ3v) is 6.56. The van der Waals surface area contributed by atoms with Gasteiger partial charge in [0.05, 0.1) is 18.1 Å². The van der Waals surface area contributed by atoms with Crippen LogP contribution in [0.5, 0.6) is 0 Å². The Bertz CT molecular complexity index is 1660. The van der Waals surface area contributed by atoms with E-state index in [1.807, 2.05) is 0 Å². The number of carboxylic acids is 1. The Morgan fingerprint density at radius 1 is 0.842 bits per heavy atom. The van der Waals surface area contributed by atoms with Gasteiger partial charge in [-0.15, -0.1) is 0 Å². The van der Waals surface area contributed by atoms with E-state index < -0.39 is 50.6 Å². The third-order valence-electron chi connectivity index (χ3n) is 5.04. The van der Waals surface area contributed by atoms with Gasteiger partial charge in [0.1, 0.15) is 18.0 Å². The number of rotatable bonds is 8. The molecule has 0 fully saturated rings. The number of hydrogen-bond acceptors (Lipinski definition) is 9. The van der Waals surface area contributed by atoms with Gasteiger partial charge in [-0.25, -0.2) is 22.6 Å². The monoisotopic (exact) mass is 549 g/mol. The van der Waals surface area contributed by atoms with Crippen molar-refractivity contribution in [3.05, 3.63) is 95.5 Å². The standard InChI is InChI=1S/C15H16N2O6S.C8H11N3O3/c1-16-7-12(14(20)17(15(16)21)8-13(18)19)10-24(22,23)9-11-5-3-2-4-6-11;1-5(12)3-11-7(13)6(9)4-10(2)8(11)14/h2-7H,8-10H2,1H3,(H,18,19);4H,3,9H2,1-2H3. The fraction of sp³-hybridized carbons (Fsp3) is 0.304. The van der Waals surface area contributed by atoms with Crippen molar-refractivity contribution >= 4 is 27.3 Å². The van der Waals surface area contributed by atoms with E-state index in [-0.39, 0.29) is 29.3 Å². The molecule has 2 aromatic heterocycles. The number of Topliss-reactive ketones (excluding diaryl/α,β-unsaturated/α-hetero) is 1. The first-order valence-electron chi connectivity index (χ1n) is 10.9. The zero-order chi connectivity index (χ0) is 28.8. The number of carbonyl (C=O) groups is 2. The van der Waals surface area contributed by atoms with Crippen molar-refractivity contribution in [2.45, 2.75) is 31.5 Å². The van der Waals surface area contributed by atoms with E-state index in [0.29, 0.717) is 10.1 Å². The fourth-order valence-electron chi connectivity index (χ4n) is 3.40. The molecule has 0 aliphatic heterocycles. The van der Waals surface area contributed by atoms with Crippen molar-refractivity contribution in [1.29, 1.82) is 0 Å². The molecule has 0 unspecified atom stereocenters. The second kappa shape index (κ2) is 12.1. The van der Waals surface area contributed by atoms with Crippen LogP contribution in [-0.4, -0.2) is 43.5 Å². The summed E-state index contributed by atoms with van der Waals surface area (Å²) in [7, 11) is -0.867. The number of aryl methyl sites for hydroxylation is 2. The molecule has 0 spiro atoms. The maximum Gasteiger partial charge on any atom is 0.331 e. The van der Waals surface area contributed by atoms with Crippen LogP contribution in [0.25, 0.3) is 0 Å². The summed E-state index contributed by atoms with van der Waals surface area (Å²) >= 11 is 0. The summed E-state index contributed by atoms with van der Waals surface area (Å²) in [5.74, 6) is -2.46. The van der Waals surface area contributed by atoms with E-state index in [2.05, 4.69) is 0 Å². The predicted molar refractivity (Wildman–Crippen MR) is 137 cm³/mol. The highest BCUT2D eigenvalue weighted by Gasteiger charge is 2.19. The number of benzene rings is 1. The zero-order valence-corrected chi connectivity index (χ0v) is 21.7. The molecule has 0 atom stereocenters. The molecule has 15 heteroatoms. The molecular weight excluding hydrogens is 522 g/mol. The molecule has 0 aliphatic carbocycles. The summed E-state index contributed by atoms with van der Waals surface area (Å²) in [6.07, 6.45) is 2.37. The summed E-state index contributed by atoms with van der Waals surface area (Å²) in [6.45, 7) is 0.240. The van der Waals surface area contributed by atoms with Crippen LogP contribution < -0.4 is 28.2 Å². The number of carboxylic acid groups (broad SMARTS) is 1. The molecule has 0 radical (unpaired) electrons. The van der Waals surface area contributed by atoms with E-state index in [1.165, 1.54) is 31.8 Å². The average molecular weight is 550 g/mol. The van der Waals surface area contributed by atoms with Crippen LogP contribution in [0.2, 0.25) is 0 Å². The van der Waals surface area contributed by atoms with Gasteiger partial charge in [0, 0.05) is 32.1 Å². The molecule has 0 saturated carbocycles.